The minimum absolute atomic E-state index is 0.176. The van der Waals surface area contributed by atoms with Gasteiger partial charge >= 0.3 is 0 Å². The Labute approximate surface area is 250 Å². The fourth-order valence-corrected chi connectivity index (χ4v) is 5.46. The van der Waals surface area contributed by atoms with Crippen LogP contribution in [0.4, 0.5) is 17.1 Å². The van der Waals surface area contributed by atoms with Crippen molar-refractivity contribution in [2.24, 2.45) is 0 Å². The Morgan fingerprint density at radius 2 is 0.810 bits per heavy atom. The Kier molecular flexibility index (Phi) is 7.75. The molecule has 0 spiro atoms. The molecule has 0 bridgehead atoms. The molecule has 0 radical (unpaired) electrons. The Morgan fingerprint density at radius 1 is 0.405 bits per heavy atom. The fourth-order valence-electron chi connectivity index (χ4n) is 5.46. The Bertz CT molecular complexity index is 1650. The summed E-state index contributed by atoms with van der Waals surface area (Å²) in [6.07, 6.45) is 1.11. The molecule has 1 heteroatoms. The SMILES string of the molecule is CCC(C)(C)c1ccc(-c2cccc(N(c3ccc(-c4ccccc4)cc3)c3ccc(-c4ccccc4)cc3)c2)cc1. The van der Waals surface area contributed by atoms with Gasteiger partial charge in [0.1, 0.15) is 0 Å². The molecule has 6 aromatic carbocycles. The van der Waals surface area contributed by atoms with E-state index in [4.69, 9.17) is 0 Å². The van der Waals surface area contributed by atoms with Crippen molar-refractivity contribution in [3.8, 4) is 33.4 Å². The predicted octanol–water partition coefficient (Wildman–Crippen LogP) is 11.8. The van der Waals surface area contributed by atoms with E-state index in [2.05, 4.69) is 183 Å². The van der Waals surface area contributed by atoms with Gasteiger partial charge in [-0.1, -0.05) is 142 Å². The summed E-state index contributed by atoms with van der Waals surface area (Å²) in [5, 5.41) is 0. The largest absolute Gasteiger partial charge is 0.310 e. The number of hydrogen-bond acceptors (Lipinski definition) is 1. The zero-order valence-electron chi connectivity index (χ0n) is 24.7. The van der Waals surface area contributed by atoms with Crippen molar-refractivity contribution in [2.45, 2.75) is 32.6 Å². The number of hydrogen-bond donors (Lipinski definition) is 0. The minimum atomic E-state index is 0.176. The summed E-state index contributed by atoms with van der Waals surface area (Å²) in [6, 6.07) is 56.8. The molecule has 1 nitrogen and oxygen atoms in total. The molecule has 0 saturated carbocycles. The highest BCUT2D eigenvalue weighted by Gasteiger charge is 2.18. The number of nitrogens with zero attached hydrogens (tertiary/aromatic N) is 1. The van der Waals surface area contributed by atoms with E-state index < -0.39 is 0 Å². The average Bonchev–Trinajstić information content (AvgIpc) is 3.06. The second kappa shape index (κ2) is 11.9. The van der Waals surface area contributed by atoms with Crippen LogP contribution in [0.25, 0.3) is 33.4 Å². The summed E-state index contributed by atoms with van der Waals surface area (Å²) >= 11 is 0. The molecule has 0 saturated heterocycles. The first-order valence-electron chi connectivity index (χ1n) is 14.8. The second-order valence-electron chi connectivity index (χ2n) is 11.5. The zero-order chi connectivity index (χ0) is 28.9. The maximum atomic E-state index is 2.35. The van der Waals surface area contributed by atoms with Crippen LogP contribution in [0.15, 0.2) is 158 Å². The van der Waals surface area contributed by atoms with Gasteiger partial charge in [-0.25, -0.2) is 0 Å². The summed E-state index contributed by atoms with van der Waals surface area (Å²) < 4.78 is 0. The van der Waals surface area contributed by atoms with Crippen molar-refractivity contribution >= 4 is 17.1 Å². The Balaban J connectivity index is 1.39. The van der Waals surface area contributed by atoms with Crippen molar-refractivity contribution in [3.05, 3.63) is 163 Å². The van der Waals surface area contributed by atoms with Crippen molar-refractivity contribution in [1.82, 2.24) is 0 Å². The molecule has 42 heavy (non-hydrogen) atoms. The first-order valence-corrected chi connectivity index (χ1v) is 14.8. The van der Waals surface area contributed by atoms with E-state index in [1.54, 1.807) is 0 Å². The van der Waals surface area contributed by atoms with Crippen molar-refractivity contribution in [2.75, 3.05) is 4.90 Å². The van der Waals surface area contributed by atoms with Gasteiger partial charge in [0.2, 0.25) is 0 Å². The zero-order valence-corrected chi connectivity index (χ0v) is 24.7. The molecule has 0 aliphatic heterocycles. The standard InChI is InChI=1S/C41H37N/c1-4-41(2,3)37-24-18-35(19-25-37)36-16-11-17-40(30-36)42(38-26-20-33(21-27-38)31-12-7-5-8-13-31)39-28-22-34(23-29-39)32-14-9-6-10-15-32/h5-30H,4H2,1-3H3. The van der Waals surface area contributed by atoms with Crippen LogP contribution < -0.4 is 4.90 Å². The van der Waals surface area contributed by atoms with E-state index in [-0.39, 0.29) is 5.41 Å². The number of anilines is 3. The summed E-state index contributed by atoms with van der Waals surface area (Å²) in [6.45, 7) is 6.88. The third kappa shape index (κ3) is 5.78. The van der Waals surface area contributed by atoms with Crippen LogP contribution in [0, 0.1) is 0 Å². The highest BCUT2D eigenvalue weighted by molar-refractivity contribution is 5.82. The predicted molar refractivity (Wildman–Crippen MR) is 181 cm³/mol. The van der Waals surface area contributed by atoms with Gasteiger partial charge in [0, 0.05) is 17.1 Å². The normalized spacial score (nSPS) is 11.3. The first-order chi connectivity index (χ1) is 20.5. The van der Waals surface area contributed by atoms with Crippen LogP contribution in [0.1, 0.15) is 32.8 Å². The van der Waals surface area contributed by atoms with Gasteiger partial charge in [-0.05, 0) is 87.2 Å². The smallest absolute Gasteiger partial charge is 0.0467 e. The van der Waals surface area contributed by atoms with Crippen LogP contribution in [-0.4, -0.2) is 0 Å². The molecule has 0 amide bonds. The number of rotatable bonds is 8. The van der Waals surface area contributed by atoms with E-state index in [1.807, 2.05) is 0 Å². The molecule has 0 fully saturated rings. The van der Waals surface area contributed by atoms with Gasteiger partial charge < -0.3 is 4.90 Å². The lowest BCUT2D eigenvalue weighted by Crippen LogP contribution is -2.14. The van der Waals surface area contributed by atoms with Crippen molar-refractivity contribution in [1.29, 1.82) is 0 Å². The molecule has 0 heterocycles. The van der Waals surface area contributed by atoms with Gasteiger partial charge in [0.25, 0.3) is 0 Å². The molecule has 0 aromatic heterocycles. The van der Waals surface area contributed by atoms with Crippen LogP contribution >= 0.6 is 0 Å². The van der Waals surface area contributed by atoms with E-state index >= 15 is 0 Å². The summed E-state index contributed by atoms with van der Waals surface area (Å²) in [7, 11) is 0. The van der Waals surface area contributed by atoms with Crippen molar-refractivity contribution in [3.63, 3.8) is 0 Å². The Hall–Kier alpha value is -4.88. The molecular weight excluding hydrogens is 506 g/mol. The van der Waals surface area contributed by atoms with Crippen LogP contribution in [0.3, 0.4) is 0 Å². The van der Waals surface area contributed by atoms with Gasteiger partial charge in [-0.2, -0.15) is 0 Å². The fraction of sp³-hybridized carbons (Fsp3) is 0.122. The molecule has 6 rings (SSSR count). The quantitative estimate of drug-likeness (QED) is 0.184. The average molecular weight is 544 g/mol. The van der Waals surface area contributed by atoms with Crippen LogP contribution in [0.5, 0.6) is 0 Å². The monoisotopic (exact) mass is 543 g/mol. The molecule has 0 N–H and O–H groups in total. The summed E-state index contributed by atoms with van der Waals surface area (Å²) in [5.41, 5.74) is 12.2. The second-order valence-corrected chi connectivity index (χ2v) is 11.5. The van der Waals surface area contributed by atoms with E-state index in [0.717, 1.165) is 23.5 Å². The summed E-state index contributed by atoms with van der Waals surface area (Å²) in [5.74, 6) is 0. The third-order valence-electron chi connectivity index (χ3n) is 8.45. The van der Waals surface area contributed by atoms with Gasteiger partial charge in [0.15, 0.2) is 0 Å². The van der Waals surface area contributed by atoms with Crippen LogP contribution in [0.2, 0.25) is 0 Å². The van der Waals surface area contributed by atoms with Gasteiger partial charge in [0.05, 0.1) is 0 Å². The molecule has 0 atom stereocenters. The molecule has 206 valence electrons. The van der Waals surface area contributed by atoms with Gasteiger partial charge in [-0.3, -0.25) is 0 Å². The lowest BCUT2D eigenvalue weighted by molar-refractivity contribution is 0.506. The highest BCUT2D eigenvalue weighted by atomic mass is 15.1. The molecule has 6 aromatic rings. The van der Waals surface area contributed by atoms with Crippen LogP contribution in [-0.2, 0) is 5.41 Å². The maximum absolute atomic E-state index is 2.35. The highest BCUT2D eigenvalue weighted by Crippen LogP contribution is 2.38. The lowest BCUT2D eigenvalue weighted by atomic mass is 9.82. The molecule has 0 aliphatic carbocycles. The third-order valence-corrected chi connectivity index (χ3v) is 8.45. The molecule has 0 unspecified atom stereocenters. The topological polar surface area (TPSA) is 3.24 Å². The minimum Gasteiger partial charge on any atom is -0.310 e. The molecular formula is C41H37N. The van der Waals surface area contributed by atoms with Gasteiger partial charge in [-0.15, -0.1) is 0 Å². The molecule has 0 aliphatic rings. The summed E-state index contributed by atoms with van der Waals surface area (Å²) in [4.78, 5) is 2.35. The first kappa shape index (κ1) is 27.3. The van der Waals surface area contributed by atoms with Crippen molar-refractivity contribution < 1.29 is 0 Å². The number of benzene rings is 6. The van der Waals surface area contributed by atoms with E-state index in [1.165, 1.54) is 38.9 Å². The lowest BCUT2D eigenvalue weighted by Gasteiger charge is -2.27. The van der Waals surface area contributed by atoms with E-state index in [9.17, 15) is 0 Å². The maximum Gasteiger partial charge on any atom is 0.0467 e. The van der Waals surface area contributed by atoms with E-state index in [0.29, 0.717) is 0 Å². The Morgan fingerprint density at radius 3 is 1.29 bits per heavy atom.